The standard InChI is InChI=1S/C14H11NO3/c1-8-2-4-9(5-3-8)14(17)11-6-12-10(15-11)7-13(16)18-12/h2-6,15H,7H2,1H3. The third-order valence-corrected chi connectivity index (χ3v) is 2.96. The van der Waals surface area contributed by atoms with Gasteiger partial charge in [-0.15, -0.1) is 0 Å². The molecular weight excluding hydrogens is 230 g/mol. The van der Waals surface area contributed by atoms with Crippen LogP contribution in [0.25, 0.3) is 0 Å². The van der Waals surface area contributed by atoms with E-state index >= 15 is 0 Å². The SMILES string of the molecule is Cc1ccc(C(=O)c2cc3c([nH]2)CC(=O)O3)cc1. The van der Waals surface area contributed by atoms with Gasteiger partial charge in [-0.2, -0.15) is 0 Å². The second-order valence-corrected chi connectivity index (χ2v) is 4.37. The fourth-order valence-corrected chi connectivity index (χ4v) is 1.99. The van der Waals surface area contributed by atoms with Crippen LogP contribution in [0.4, 0.5) is 0 Å². The van der Waals surface area contributed by atoms with E-state index in [1.807, 2.05) is 19.1 Å². The molecule has 0 fully saturated rings. The summed E-state index contributed by atoms with van der Waals surface area (Å²) < 4.78 is 4.97. The third kappa shape index (κ3) is 1.72. The van der Waals surface area contributed by atoms with Gasteiger partial charge in [-0.1, -0.05) is 29.8 Å². The molecule has 4 heteroatoms. The van der Waals surface area contributed by atoms with Gasteiger partial charge in [-0.25, -0.2) is 0 Å². The summed E-state index contributed by atoms with van der Waals surface area (Å²) in [5.41, 5.74) is 2.85. The minimum absolute atomic E-state index is 0.0968. The van der Waals surface area contributed by atoms with Crippen molar-refractivity contribution in [3.63, 3.8) is 0 Å². The highest BCUT2D eigenvalue weighted by Crippen LogP contribution is 2.27. The molecule has 18 heavy (non-hydrogen) atoms. The predicted octanol–water partition coefficient (Wildman–Crippen LogP) is 2.02. The van der Waals surface area contributed by atoms with Crippen molar-refractivity contribution >= 4 is 11.8 Å². The van der Waals surface area contributed by atoms with Gasteiger partial charge < -0.3 is 9.72 Å². The number of ketones is 1. The Hall–Kier alpha value is -2.36. The number of benzene rings is 1. The van der Waals surface area contributed by atoms with Gasteiger partial charge in [0.1, 0.15) is 0 Å². The minimum Gasteiger partial charge on any atom is -0.424 e. The molecule has 0 amide bonds. The summed E-state index contributed by atoms with van der Waals surface area (Å²) in [6, 6.07) is 8.95. The highest BCUT2D eigenvalue weighted by molar-refractivity contribution is 6.08. The molecule has 0 saturated carbocycles. The monoisotopic (exact) mass is 241 g/mol. The van der Waals surface area contributed by atoms with E-state index in [9.17, 15) is 9.59 Å². The van der Waals surface area contributed by atoms with E-state index in [2.05, 4.69) is 4.98 Å². The molecule has 0 atom stereocenters. The Balaban J connectivity index is 1.92. The van der Waals surface area contributed by atoms with Crippen molar-refractivity contribution in [1.82, 2.24) is 4.98 Å². The highest BCUT2D eigenvalue weighted by atomic mass is 16.5. The lowest BCUT2D eigenvalue weighted by atomic mass is 10.1. The van der Waals surface area contributed by atoms with Gasteiger partial charge in [0.2, 0.25) is 5.78 Å². The molecule has 1 N–H and O–H groups in total. The van der Waals surface area contributed by atoms with Crippen LogP contribution in [0.1, 0.15) is 27.3 Å². The summed E-state index contributed by atoms with van der Waals surface area (Å²) >= 11 is 0. The molecule has 0 aliphatic carbocycles. The molecule has 3 rings (SSSR count). The maximum atomic E-state index is 12.2. The summed E-state index contributed by atoms with van der Waals surface area (Å²) in [5, 5.41) is 0. The second-order valence-electron chi connectivity index (χ2n) is 4.37. The lowest BCUT2D eigenvalue weighted by Crippen LogP contribution is -2.05. The molecule has 0 spiro atoms. The summed E-state index contributed by atoms with van der Waals surface area (Å²) in [6.45, 7) is 1.97. The Bertz CT molecular complexity index is 612. The maximum Gasteiger partial charge on any atom is 0.317 e. The van der Waals surface area contributed by atoms with E-state index in [1.54, 1.807) is 18.2 Å². The molecule has 2 heterocycles. The van der Waals surface area contributed by atoms with E-state index in [-0.39, 0.29) is 18.2 Å². The number of carbonyl (C=O) groups excluding carboxylic acids is 2. The summed E-state index contributed by atoms with van der Waals surface area (Å²) in [6.07, 6.45) is 0.205. The van der Waals surface area contributed by atoms with E-state index < -0.39 is 0 Å². The van der Waals surface area contributed by atoms with Gasteiger partial charge in [0.05, 0.1) is 17.8 Å². The Labute approximate surface area is 104 Å². The summed E-state index contributed by atoms with van der Waals surface area (Å²) in [5.74, 6) is 0.0847. The smallest absolute Gasteiger partial charge is 0.317 e. The van der Waals surface area contributed by atoms with Crippen LogP contribution in [0.15, 0.2) is 30.3 Å². The highest BCUT2D eigenvalue weighted by Gasteiger charge is 2.25. The lowest BCUT2D eigenvalue weighted by molar-refractivity contribution is -0.131. The lowest BCUT2D eigenvalue weighted by Gasteiger charge is -1.99. The molecule has 4 nitrogen and oxygen atoms in total. The van der Waals surface area contributed by atoms with Gasteiger partial charge in [-0.05, 0) is 6.92 Å². The Kier molecular flexibility index (Phi) is 2.30. The number of ether oxygens (including phenoxy) is 1. The Morgan fingerprint density at radius 2 is 2.00 bits per heavy atom. The van der Waals surface area contributed by atoms with Crippen molar-refractivity contribution in [3.05, 3.63) is 52.8 Å². The van der Waals surface area contributed by atoms with E-state index in [0.29, 0.717) is 22.7 Å². The number of hydrogen-bond acceptors (Lipinski definition) is 3. The number of H-pyrrole nitrogens is 1. The van der Waals surface area contributed by atoms with E-state index in [4.69, 9.17) is 4.74 Å². The number of aromatic amines is 1. The van der Waals surface area contributed by atoms with Crippen molar-refractivity contribution in [1.29, 1.82) is 0 Å². The van der Waals surface area contributed by atoms with Gasteiger partial charge in [0.15, 0.2) is 5.75 Å². The van der Waals surface area contributed by atoms with Gasteiger partial charge in [0.25, 0.3) is 0 Å². The molecule has 1 aliphatic heterocycles. The molecule has 90 valence electrons. The molecule has 2 aromatic rings. The zero-order chi connectivity index (χ0) is 12.7. The van der Waals surface area contributed by atoms with Crippen molar-refractivity contribution in [2.45, 2.75) is 13.3 Å². The molecule has 0 radical (unpaired) electrons. The minimum atomic E-state index is -0.286. The van der Waals surface area contributed by atoms with Crippen LogP contribution in [-0.4, -0.2) is 16.7 Å². The average Bonchev–Trinajstić information content (AvgIpc) is 2.86. The zero-order valence-electron chi connectivity index (χ0n) is 9.82. The fraction of sp³-hybridized carbons (Fsp3) is 0.143. The normalized spacial score (nSPS) is 13.3. The number of rotatable bonds is 2. The first-order valence-electron chi connectivity index (χ1n) is 5.67. The van der Waals surface area contributed by atoms with Crippen LogP contribution in [0.5, 0.6) is 5.75 Å². The Morgan fingerprint density at radius 1 is 1.28 bits per heavy atom. The number of hydrogen-bond donors (Lipinski definition) is 1. The van der Waals surface area contributed by atoms with Crippen LogP contribution in [0.3, 0.4) is 0 Å². The third-order valence-electron chi connectivity index (χ3n) is 2.96. The molecule has 0 bridgehead atoms. The van der Waals surface area contributed by atoms with Crippen LogP contribution in [0, 0.1) is 6.92 Å². The van der Waals surface area contributed by atoms with Crippen LogP contribution >= 0.6 is 0 Å². The number of aromatic nitrogens is 1. The second kappa shape index (κ2) is 3.84. The van der Waals surface area contributed by atoms with Gasteiger partial charge >= 0.3 is 5.97 Å². The van der Waals surface area contributed by atoms with Crippen molar-refractivity contribution < 1.29 is 14.3 Å². The number of aryl methyl sites for hydroxylation is 1. The number of fused-ring (bicyclic) bond motifs is 1. The van der Waals surface area contributed by atoms with Crippen LogP contribution in [-0.2, 0) is 11.2 Å². The van der Waals surface area contributed by atoms with Crippen LogP contribution in [0.2, 0.25) is 0 Å². The number of carbonyl (C=O) groups is 2. The first kappa shape index (κ1) is 10.8. The van der Waals surface area contributed by atoms with Gasteiger partial charge in [-0.3, -0.25) is 9.59 Å². The van der Waals surface area contributed by atoms with Gasteiger partial charge in [0, 0.05) is 11.6 Å². The largest absolute Gasteiger partial charge is 0.424 e. The first-order valence-corrected chi connectivity index (χ1v) is 5.67. The quantitative estimate of drug-likeness (QED) is 0.646. The molecule has 1 aliphatic rings. The number of nitrogens with one attached hydrogen (secondary N) is 1. The van der Waals surface area contributed by atoms with Crippen molar-refractivity contribution in [2.24, 2.45) is 0 Å². The Morgan fingerprint density at radius 3 is 2.67 bits per heavy atom. The van der Waals surface area contributed by atoms with Crippen LogP contribution < -0.4 is 4.74 Å². The predicted molar refractivity (Wildman–Crippen MR) is 64.7 cm³/mol. The van der Waals surface area contributed by atoms with Crippen molar-refractivity contribution in [3.8, 4) is 5.75 Å². The first-order chi connectivity index (χ1) is 8.63. The molecule has 1 aromatic heterocycles. The average molecular weight is 241 g/mol. The van der Waals surface area contributed by atoms with E-state index in [0.717, 1.165) is 5.56 Å². The molecular formula is C14H11NO3. The fourth-order valence-electron chi connectivity index (χ4n) is 1.99. The number of esters is 1. The summed E-state index contributed by atoms with van der Waals surface area (Å²) in [7, 11) is 0. The van der Waals surface area contributed by atoms with E-state index in [1.165, 1.54) is 0 Å². The molecule has 0 saturated heterocycles. The summed E-state index contributed by atoms with van der Waals surface area (Å²) in [4.78, 5) is 26.1. The maximum absolute atomic E-state index is 12.2. The molecule has 1 aromatic carbocycles. The zero-order valence-corrected chi connectivity index (χ0v) is 9.82. The topological polar surface area (TPSA) is 59.2 Å². The van der Waals surface area contributed by atoms with Crippen molar-refractivity contribution in [2.75, 3.05) is 0 Å². The molecule has 0 unspecified atom stereocenters.